The summed E-state index contributed by atoms with van der Waals surface area (Å²) in [7, 11) is -8.09. The van der Waals surface area contributed by atoms with Gasteiger partial charge in [0.1, 0.15) is 0 Å². The Labute approximate surface area is 167 Å². The minimum absolute atomic E-state index is 0.0320. The van der Waals surface area contributed by atoms with Crippen molar-refractivity contribution in [2.75, 3.05) is 4.31 Å². The Morgan fingerprint density at radius 3 is 1.93 bits per heavy atom. The van der Waals surface area contributed by atoms with Crippen molar-refractivity contribution >= 4 is 36.5 Å². The average molecular weight is 439 g/mol. The van der Waals surface area contributed by atoms with E-state index >= 15 is 0 Å². The topological polar surface area (TPSA) is 123 Å². The summed E-state index contributed by atoms with van der Waals surface area (Å²) < 4.78 is 50.2. The summed E-state index contributed by atoms with van der Waals surface area (Å²) in [6.45, 7) is 3.74. The summed E-state index contributed by atoms with van der Waals surface area (Å²) in [5.41, 5.74) is 2.66. The van der Waals surface area contributed by atoms with Gasteiger partial charge >= 0.3 is 0 Å². The van der Waals surface area contributed by atoms with Gasteiger partial charge in [0.15, 0.2) is 0 Å². The third kappa shape index (κ3) is 4.38. The van der Waals surface area contributed by atoms with Crippen molar-refractivity contribution in [2.45, 2.75) is 29.6 Å². The molecule has 0 bridgehead atoms. The molecular formula is C17H18N4O4S3. The number of aromatic nitrogens is 2. The predicted molar refractivity (Wildman–Crippen MR) is 107 cm³/mol. The molecular weight excluding hydrogens is 420 g/mol. The molecule has 3 aromatic rings. The first kappa shape index (κ1) is 20.4. The van der Waals surface area contributed by atoms with Gasteiger partial charge in [0.05, 0.1) is 11.4 Å². The molecule has 0 saturated heterocycles. The van der Waals surface area contributed by atoms with Gasteiger partial charge in [-0.1, -0.05) is 58.9 Å². The van der Waals surface area contributed by atoms with Gasteiger partial charge in [0.2, 0.25) is 9.47 Å². The highest BCUT2D eigenvalue weighted by Crippen LogP contribution is 2.30. The molecule has 2 N–H and O–H groups in total. The number of rotatable bonds is 6. The minimum atomic E-state index is -4.09. The standard InChI is InChI=1S/C17H18N4O4S3/c1-12-3-7-14(8-4-12)11-21(16-19-20-17(26-16)27(18,22)23)28(24,25)15-9-5-13(2)6-10-15/h3-10H,11H2,1-2H3,(H2,18,22,23). The number of primary sulfonamides is 1. The number of benzene rings is 2. The molecule has 11 heteroatoms. The van der Waals surface area contributed by atoms with Crippen molar-refractivity contribution in [1.29, 1.82) is 0 Å². The maximum Gasteiger partial charge on any atom is 0.267 e. The number of nitrogens with two attached hydrogens (primary N) is 1. The van der Waals surface area contributed by atoms with Gasteiger partial charge in [0.25, 0.3) is 20.0 Å². The van der Waals surface area contributed by atoms with Crippen LogP contribution >= 0.6 is 11.3 Å². The Bertz CT molecular complexity index is 1190. The molecule has 1 aromatic heterocycles. The van der Waals surface area contributed by atoms with Crippen molar-refractivity contribution in [2.24, 2.45) is 5.14 Å². The molecule has 0 aliphatic rings. The van der Waals surface area contributed by atoms with E-state index in [0.29, 0.717) is 16.9 Å². The Balaban J connectivity index is 2.09. The molecule has 2 aromatic carbocycles. The minimum Gasteiger partial charge on any atom is -0.235 e. The fraction of sp³-hybridized carbons (Fsp3) is 0.176. The van der Waals surface area contributed by atoms with Gasteiger partial charge < -0.3 is 0 Å². The number of hydrogen-bond acceptors (Lipinski definition) is 7. The quantitative estimate of drug-likeness (QED) is 0.629. The summed E-state index contributed by atoms with van der Waals surface area (Å²) in [6, 6.07) is 13.7. The van der Waals surface area contributed by atoms with Crippen LogP contribution in [0.1, 0.15) is 16.7 Å². The molecule has 0 unspecified atom stereocenters. The molecule has 148 valence electrons. The zero-order valence-corrected chi connectivity index (χ0v) is 17.6. The van der Waals surface area contributed by atoms with E-state index in [4.69, 9.17) is 5.14 Å². The van der Waals surface area contributed by atoms with Gasteiger partial charge in [-0.3, -0.25) is 0 Å². The largest absolute Gasteiger partial charge is 0.267 e. The molecule has 28 heavy (non-hydrogen) atoms. The SMILES string of the molecule is Cc1ccc(CN(c2nnc(S(N)(=O)=O)s2)S(=O)(=O)c2ccc(C)cc2)cc1. The molecule has 0 radical (unpaired) electrons. The molecule has 0 spiro atoms. The highest BCUT2D eigenvalue weighted by Gasteiger charge is 2.29. The average Bonchev–Trinajstić information content (AvgIpc) is 3.11. The highest BCUT2D eigenvalue weighted by atomic mass is 32.2. The van der Waals surface area contributed by atoms with E-state index in [1.165, 1.54) is 12.1 Å². The van der Waals surface area contributed by atoms with Crippen molar-refractivity contribution in [3.05, 3.63) is 65.2 Å². The first-order valence-electron chi connectivity index (χ1n) is 8.08. The van der Waals surface area contributed by atoms with Gasteiger partial charge in [-0.25, -0.2) is 26.3 Å². The van der Waals surface area contributed by atoms with E-state index in [0.717, 1.165) is 15.4 Å². The number of sulfonamides is 2. The lowest BCUT2D eigenvalue weighted by Crippen LogP contribution is -2.30. The van der Waals surface area contributed by atoms with Crippen molar-refractivity contribution in [3.8, 4) is 0 Å². The second kappa shape index (κ2) is 7.59. The lowest BCUT2D eigenvalue weighted by molar-refractivity contribution is 0.590. The van der Waals surface area contributed by atoms with Crippen LogP contribution in [0.3, 0.4) is 0 Å². The number of aryl methyl sites for hydroxylation is 2. The van der Waals surface area contributed by atoms with Crippen LogP contribution in [0.4, 0.5) is 5.13 Å². The van der Waals surface area contributed by atoms with Gasteiger partial charge in [0, 0.05) is 0 Å². The Morgan fingerprint density at radius 1 is 0.893 bits per heavy atom. The maximum atomic E-state index is 13.3. The molecule has 0 fully saturated rings. The van der Waals surface area contributed by atoms with Crippen LogP contribution in [-0.4, -0.2) is 27.0 Å². The smallest absolute Gasteiger partial charge is 0.235 e. The summed E-state index contributed by atoms with van der Waals surface area (Å²) in [5.74, 6) is 0. The Morgan fingerprint density at radius 2 is 1.43 bits per heavy atom. The van der Waals surface area contributed by atoms with E-state index < -0.39 is 24.4 Å². The van der Waals surface area contributed by atoms with Crippen LogP contribution < -0.4 is 9.44 Å². The predicted octanol–water partition coefficient (Wildman–Crippen LogP) is 2.20. The van der Waals surface area contributed by atoms with Crippen LogP contribution in [0.15, 0.2) is 57.8 Å². The van der Waals surface area contributed by atoms with Crippen LogP contribution in [0.5, 0.6) is 0 Å². The van der Waals surface area contributed by atoms with Gasteiger partial charge in [-0.15, -0.1) is 10.2 Å². The number of nitrogens with zero attached hydrogens (tertiary/aromatic N) is 3. The summed E-state index contributed by atoms with van der Waals surface area (Å²) in [5, 5.41) is 12.3. The zero-order valence-electron chi connectivity index (χ0n) is 15.1. The summed E-state index contributed by atoms with van der Waals surface area (Å²) >= 11 is 0.607. The second-order valence-electron chi connectivity index (χ2n) is 6.21. The first-order valence-corrected chi connectivity index (χ1v) is 11.9. The summed E-state index contributed by atoms with van der Waals surface area (Å²) in [6.07, 6.45) is 0. The monoisotopic (exact) mass is 438 g/mol. The van der Waals surface area contributed by atoms with E-state index in [1.54, 1.807) is 24.3 Å². The molecule has 0 aliphatic carbocycles. The first-order chi connectivity index (χ1) is 13.1. The molecule has 0 aliphatic heterocycles. The maximum absolute atomic E-state index is 13.3. The summed E-state index contributed by atoms with van der Waals surface area (Å²) in [4.78, 5) is 0.0672. The Hall–Kier alpha value is -2.34. The van der Waals surface area contributed by atoms with E-state index in [-0.39, 0.29) is 16.6 Å². The van der Waals surface area contributed by atoms with Gasteiger partial charge in [-0.2, -0.15) is 0 Å². The molecule has 0 saturated carbocycles. The molecule has 0 amide bonds. The second-order valence-corrected chi connectivity index (χ2v) is 10.8. The Kier molecular flexibility index (Phi) is 5.53. The third-order valence-electron chi connectivity index (χ3n) is 3.91. The van der Waals surface area contributed by atoms with Gasteiger partial charge in [-0.05, 0) is 31.5 Å². The highest BCUT2D eigenvalue weighted by molar-refractivity contribution is 7.93. The molecule has 0 atom stereocenters. The molecule has 3 rings (SSSR count). The van der Waals surface area contributed by atoms with E-state index in [1.807, 2.05) is 26.0 Å². The molecule has 1 heterocycles. The normalized spacial score (nSPS) is 12.1. The van der Waals surface area contributed by atoms with Crippen LogP contribution in [-0.2, 0) is 26.6 Å². The van der Waals surface area contributed by atoms with Crippen molar-refractivity contribution in [3.63, 3.8) is 0 Å². The van der Waals surface area contributed by atoms with E-state index in [2.05, 4.69) is 10.2 Å². The third-order valence-corrected chi connectivity index (χ3v) is 8.03. The fourth-order valence-corrected chi connectivity index (χ4v) is 5.40. The van der Waals surface area contributed by atoms with Crippen molar-refractivity contribution in [1.82, 2.24) is 10.2 Å². The zero-order chi connectivity index (χ0) is 20.5. The molecule has 8 nitrogen and oxygen atoms in total. The fourth-order valence-electron chi connectivity index (χ4n) is 2.37. The lowest BCUT2D eigenvalue weighted by Gasteiger charge is -2.21. The number of anilines is 1. The van der Waals surface area contributed by atoms with Crippen LogP contribution in [0, 0.1) is 13.8 Å². The van der Waals surface area contributed by atoms with Crippen LogP contribution in [0.25, 0.3) is 0 Å². The lowest BCUT2D eigenvalue weighted by atomic mass is 10.1. The number of hydrogen-bond donors (Lipinski definition) is 1. The van der Waals surface area contributed by atoms with E-state index in [9.17, 15) is 16.8 Å². The van der Waals surface area contributed by atoms with Crippen LogP contribution in [0.2, 0.25) is 0 Å². The van der Waals surface area contributed by atoms with Crippen molar-refractivity contribution < 1.29 is 16.8 Å².